The van der Waals surface area contributed by atoms with Crippen LogP contribution in [0.2, 0.25) is 10.0 Å². The summed E-state index contributed by atoms with van der Waals surface area (Å²) < 4.78 is 79.4. The highest BCUT2D eigenvalue weighted by atomic mass is 35.5. The van der Waals surface area contributed by atoms with E-state index in [4.69, 9.17) is 23.2 Å². The zero-order valence-electron chi connectivity index (χ0n) is 12.6. The summed E-state index contributed by atoms with van der Waals surface area (Å²) in [5, 5.41) is 0.374. The molecule has 0 heterocycles. The van der Waals surface area contributed by atoms with E-state index in [1.54, 1.807) is 11.5 Å². The summed E-state index contributed by atoms with van der Waals surface area (Å²) in [6, 6.07) is 8.92. The molecule has 2 rings (SSSR count). The average molecular weight is 409 g/mol. The highest BCUT2D eigenvalue weighted by molar-refractivity contribution is 6.30. The van der Waals surface area contributed by atoms with Crippen LogP contribution in [0, 0.1) is 0 Å². The van der Waals surface area contributed by atoms with E-state index in [0.29, 0.717) is 0 Å². The molecule has 2 aromatic rings. The van der Waals surface area contributed by atoms with Crippen LogP contribution in [0.1, 0.15) is 11.1 Å². The lowest BCUT2D eigenvalue weighted by Gasteiger charge is -2.10. The molecule has 0 aliphatic heterocycles. The Morgan fingerprint density at radius 3 is 1.08 bits per heavy atom. The molecule has 26 heavy (non-hydrogen) atoms. The highest BCUT2D eigenvalue weighted by Crippen LogP contribution is 2.36. The van der Waals surface area contributed by atoms with Crippen LogP contribution in [0.15, 0.2) is 60.0 Å². The number of rotatable bonds is 2. The molecule has 0 fully saturated rings. The van der Waals surface area contributed by atoms with Gasteiger partial charge in [-0.1, -0.05) is 58.9 Å². The second-order valence-electron chi connectivity index (χ2n) is 5.01. The summed E-state index contributed by atoms with van der Waals surface area (Å²) >= 11 is 11.2. The highest BCUT2D eigenvalue weighted by Gasteiger charge is 2.37. The predicted molar refractivity (Wildman–Crippen MR) is 88.9 cm³/mol. The van der Waals surface area contributed by atoms with Crippen LogP contribution in [-0.4, -0.2) is 12.4 Å². The molecule has 0 N–H and O–H groups in total. The second-order valence-corrected chi connectivity index (χ2v) is 5.88. The number of hydrogen-bond acceptors (Lipinski definition) is 0. The van der Waals surface area contributed by atoms with Crippen molar-refractivity contribution in [3.8, 4) is 0 Å². The summed E-state index contributed by atoms with van der Waals surface area (Å²) in [6.45, 7) is 0. The SMILES string of the molecule is FC(F)(F)C(=C=C=C(c1ccc(Cl)cc1)C(F)(F)F)c1ccc(Cl)cc1. The topological polar surface area (TPSA) is 0 Å². The second kappa shape index (κ2) is 7.65. The average Bonchev–Trinajstić information content (AvgIpc) is 2.52. The van der Waals surface area contributed by atoms with E-state index in [9.17, 15) is 26.3 Å². The van der Waals surface area contributed by atoms with Crippen molar-refractivity contribution in [2.75, 3.05) is 0 Å². The first-order valence-electron chi connectivity index (χ1n) is 6.90. The number of alkyl halides is 6. The molecular formula is C18H8Cl2F6. The molecule has 136 valence electrons. The largest absolute Gasteiger partial charge is 0.424 e. The van der Waals surface area contributed by atoms with Gasteiger partial charge in [-0.25, -0.2) is 0 Å². The summed E-state index contributed by atoms with van der Waals surface area (Å²) in [5.41, 5.74) is -0.314. The Morgan fingerprint density at radius 2 is 0.846 bits per heavy atom. The summed E-state index contributed by atoms with van der Waals surface area (Å²) in [5.74, 6) is 0. The van der Waals surface area contributed by atoms with Crippen molar-refractivity contribution in [2.45, 2.75) is 12.4 Å². The van der Waals surface area contributed by atoms with Gasteiger partial charge in [-0.3, -0.25) is 0 Å². The molecule has 0 bridgehead atoms. The van der Waals surface area contributed by atoms with Crippen molar-refractivity contribution < 1.29 is 26.3 Å². The maximum atomic E-state index is 13.2. The third-order valence-electron chi connectivity index (χ3n) is 3.15. The zero-order valence-corrected chi connectivity index (χ0v) is 14.2. The van der Waals surface area contributed by atoms with Gasteiger partial charge in [-0.2, -0.15) is 26.3 Å². The smallest absolute Gasteiger partial charge is 0.165 e. The Labute approximate surface area is 154 Å². The molecule has 0 unspecified atom stereocenters. The lowest BCUT2D eigenvalue weighted by molar-refractivity contribution is -0.0702. The van der Waals surface area contributed by atoms with Gasteiger partial charge in [0.25, 0.3) is 0 Å². The van der Waals surface area contributed by atoms with Crippen molar-refractivity contribution in [1.82, 2.24) is 0 Å². The minimum Gasteiger partial charge on any atom is -0.165 e. The van der Waals surface area contributed by atoms with E-state index in [1.807, 2.05) is 0 Å². The van der Waals surface area contributed by atoms with E-state index in [1.165, 1.54) is 24.3 Å². The van der Waals surface area contributed by atoms with Crippen LogP contribution < -0.4 is 0 Å². The molecule has 0 nitrogen and oxygen atoms in total. The van der Waals surface area contributed by atoms with Crippen molar-refractivity contribution in [3.05, 3.63) is 81.2 Å². The van der Waals surface area contributed by atoms with E-state index >= 15 is 0 Å². The fourth-order valence-electron chi connectivity index (χ4n) is 1.97. The van der Waals surface area contributed by atoms with E-state index in [0.717, 1.165) is 24.3 Å². The van der Waals surface area contributed by atoms with Crippen LogP contribution in [0.3, 0.4) is 0 Å². The number of allylic oxidation sites excluding steroid dienone is 2. The van der Waals surface area contributed by atoms with Gasteiger partial charge in [0.2, 0.25) is 0 Å². The van der Waals surface area contributed by atoms with Gasteiger partial charge in [0.1, 0.15) is 11.1 Å². The molecule has 0 atom stereocenters. The Hall–Kier alpha value is -2.10. The molecule has 0 aromatic heterocycles. The van der Waals surface area contributed by atoms with Gasteiger partial charge in [-0.15, -0.1) is 0 Å². The molecule has 0 saturated heterocycles. The molecule has 0 amide bonds. The molecule has 0 saturated carbocycles. The summed E-state index contributed by atoms with van der Waals surface area (Å²) in [7, 11) is 0. The van der Waals surface area contributed by atoms with Crippen LogP contribution in [0.5, 0.6) is 0 Å². The molecule has 0 aliphatic rings. The quantitative estimate of drug-likeness (QED) is 0.360. The standard InChI is InChI=1S/C18H8Cl2F6/c19-13-5-1-11(2-6-13)15(17(21,22)23)9-10-16(18(24,25)26)12-3-7-14(20)8-4-12/h1-8H. The molecule has 0 radical (unpaired) electrons. The molecular weight excluding hydrogens is 401 g/mol. The van der Waals surface area contributed by atoms with Gasteiger partial charge >= 0.3 is 12.4 Å². The Balaban J connectivity index is 2.77. The van der Waals surface area contributed by atoms with Crippen LogP contribution in [0.25, 0.3) is 11.1 Å². The molecule has 0 aliphatic carbocycles. The lowest BCUT2D eigenvalue weighted by Crippen LogP contribution is -2.11. The van der Waals surface area contributed by atoms with Crippen molar-refractivity contribution in [2.24, 2.45) is 0 Å². The zero-order chi connectivity index (χ0) is 19.5. The van der Waals surface area contributed by atoms with Gasteiger partial charge in [0.15, 0.2) is 0 Å². The van der Waals surface area contributed by atoms with Crippen LogP contribution in [0.4, 0.5) is 26.3 Å². The molecule has 0 spiro atoms. The summed E-state index contributed by atoms with van der Waals surface area (Å²) in [6.07, 6.45) is -9.87. The minimum atomic E-state index is -4.93. The Bertz CT molecular complexity index is 802. The summed E-state index contributed by atoms with van der Waals surface area (Å²) in [4.78, 5) is 0. The first-order chi connectivity index (χ1) is 12.0. The predicted octanol–water partition coefficient (Wildman–Crippen LogP) is 7.34. The van der Waals surface area contributed by atoms with Crippen molar-refractivity contribution in [3.63, 3.8) is 0 Å². The van der Waals surface area contributed by atoms with E-state index in [2.05, 4.69) is 0 Å². The Morgan fingerprint density at radius 1 is 0.577 bits per heavy atom. The fraction of sp³-hybridized carbons (Fsp3) is 0.111. The van der Waals surface area contributed by atoms with Crippen LogP contribution in [-0.2, 0) is 0 Å². The van der Waals surface area contributed by atoms with Gasteiger partial charge in [0, 0.05) is 10.0 Å². The van der Waals surface area contributed by atoms with Gasteiger partial charge in [-0.05, 0) is 35.4 Å². The third-order valence-corrected chi connectivity index (χ3v) is 3.65. The van der Waals surface area contributed by atoms with E-state index in [-0.39, 0.29) is 21.2 Å². The normalized spacial score (nSPS) is 11.5. The number of halogens is 8. The van der Waals surface area contributed by atoms with E-state index < -0.39 is 23.5 Å². The molecule has 2 aromatic carbocycles. The third kappa shape index (κ3) is 5.20. The van der Waals surface area contributed by atoms with Gasteiger partial charge in [0.05, 0.1) is 0 Å². The van der Waals surface area contributed by atoms with Gasteiger partial charge < -0.3 is 0 Å². The number of benzene rings is 2. The minimum absolute atomic E-state index is 0.187. The molecule has 8 heteroatoms. The number of hydrogen-bond donors (Lipinski definition) is 0. The van der Waals surface area contributed by atoms with Crippen LogP contribution >= 0.6 is 23.2 Å². The fourth-order valence-corrected chi connectivity index (χ4v) is 2.22. The monoisotopic (exact) mass is 408 g/mol. The Kier molecular flexibility index (Phi) is 5.94. The maximum Gasteiger partial charge on any atom is 0.424 e. The lowest BCUT2D eigenvalue weighted by atomic mass is 10.0. The first-order valence-corrected chi connectivity index (χ1v) is 7.66. The van der Waals surface area contributed by atoms with Crippen molar-refractivity contribution in [1.29, 1.82) is 0 Å². The first kappa shape index (κ1) is 20.2. The maximum absolute atomic E-state index is 13.2. The van der Waals surface area contributed by atoms with Crippen molar-refractivity contribution >= 4 is 34.3 Å².